The molecular formula is C7H16N2O4. The lowest BCUT2D eigenvalue weighted by molar-refractivity contribution is -0.0414. The fourth-order valence-corrected chi connectivity index (χ4v) is 1.42. The molecule has 0 aromatic rings. The number of β-amino-alcohol motifs (C(OH)–C–C–N with tert-alkyl or cyclic N) is 1. The highest BCUT2D eigenvalue weighted by Crippen LogP contribution is 2.15. The summed E-state index contributed by atoms with van der Waals surface area (Å²) in [5, 5.41) is 39.7. The lowest BCUT2D eigenvalue weighted by Gasteiger charge is -2.23. The highest BCUT2D eigenvalue weighted by molar-refractivity contribution is 4.92. The van der Waals surface area contributed by atoms with Gasteiger partial charge in [-0.1, -0.05) is 0 Å². The third kappa shape index (κ3) is 2.60. The van der Waals surface area contributed by atoms with Crippen molar-refractivity contribution in [2.45, 2.75) is 30.4 Å². The molecule has 1 saturated heterocycles. The van der Waals surface area contributed by atoms with Crippen molar-refractivity contribution in [2.24, 2.45) is 5.73 Å². The molecule has 1 aliphatic heterocycles. The first-order valence-corrected chi connectivity index (χ1v) is 4.18. The van der Waals surface area contributed by atoms with Crippen LogP contribution in [0.3, 0.4) is 0 Å². The topological polar surface area (TPSA) is 119 Å². The van der Waals surface area contributed by atoms with Crippen LogP contribution in [0.15, 0.2) is 0 Å². The van der Waals surface area contributed by atoms with Crippen LogP contribution < -0.4 is 11.1 Å². The molecule has 0 bridgehead atoms. The van der Waals surface area contributed by atoms with E-state index in [1.165, 1.54) is 0 Å². The third-order valence-electron chi connectivity index (χ3n) is 2.24. The lowest BCUT2D eigenvalue weighted by Crippen LogP contribution is -2.50. The standard InChI is InChI=1S/C7H16N2O4/c8-7(13)1-5(11)6(12)4(2-10)9-3-7/h4-6,9-13H,1-3,8H2/t4-,5-,6-,7-/m1/s1. The first kappa shape index (κ1) is 10.8. The maximum absolute atomic E-state index is 9.42. The maximum atomic E-state index is 9.42. The Kier molecular flexibility index (Phi) is 3.23. The van der Waals surface area contributed by atoms with Crippen molar-refractivity contribution >= 4 is 0 Å². The zero-order chi connectivity index (χ0) is 10.1. The molecule has 0 aromatic carbocycles. The first-order chi connectivity index (χ1) is 5.96. The predicted molar refractivity (Wildman–Crippen MR) is 44.6 cm³/mol. The van der Waals surface area contributed by atoms with Crippen molar-refractivity contribution < 1.29 is 20.4 Å². The Morgan fingerprint density at radius 1 is 1.46 bits per heavy atom. The van der Waals surface area contributed by atoms with Crippen LogP contribution in [0, 0.1) is 0 Å². The largest absolute Gasteiger partial charge is 0.395 e. The molecule has 1 rings (SSSR count). The van der Waals surface area contributed by atoms with E-state index < -0.39 is 24.0 Å². The van der Waals surface area contributed by atoms with Crippen LogP contribution in [-0.2, 0) is 0 Å². The second-order valence-electron chi connectivity index (χ2n) is 3.54. The second-order valence-corrected chi connectivity index (χ2v) is 3.54. The average molecular weight is 192 g/mol. The molecule has 0 spiro atoms. The van der Waals surface area contributed by atoms with Gasteiger partial charge in [-0.05, 0) is 0 Å². The number of aliphatic hydroxyl groups is 4. The Morgan fingerprint density at radius 3 is 2.62 bits per heavy atom. The number of aliphatic hydroxyl groups excluding tert-OH is 3. The first-order valence-electron chi connectivity index (χ1n) is 4.18. The summed E-state index contributed by atoms with van der Waals surface area (Å²) in [5.41, 5.74) is 3.85. The molecule has 1 aliphatic rings. The zero-order valence-corrected chi connectivity index (χ0v) is 7.22. The molecule has 7 N–H and O–H groups in total. The van der Waals surface area contributed by atoms with Gasteiger partial charge in [0.05, 0.1) is 24.9 Å². The molecule has 0 unspecified atom stereocenters. The van der Waals surface area contributed by atoms with E-state index in [1.54, 1.807) is 0 Å². The summed E-state index contributed by atoms with van der Waals surface area (Å²) < 4.78 is 0. The second kappa shape index (κ2) is 3.87. The number of nitrogens with one attached hydrogen (secondary N) is 1. The Hall–Kier alpha value is -0.240. The van der Waals surface area contributed by atoms with Crippen molar-refractivity contribution in [3.8, 4) is 0 Å². The van der Waals surface area contributed by atoms with Gasteiger partial charge in [-0.15, -0.1) is 0 Å². The van der Waals surface area contributed by atoms with Crippen LogP contribution >= 0.6 is 0 Å². The fourth-order valence-electron chi connectivity index (χ4n) is 1.42. The minimum Gasteiger partial charge on any atom is -0.395 e. The summed E-state index contributed by atoms with van der Waals surface area (Å²) in [5.74, 6) is 0. The van der Waals surface area contributed by atoms with Gasteiger partial charge in [-0.2, -0.15) is 0 Å². The van der Waals surface area contributed by atoms with E-state index in [0.717, 1.165) is 0 Å². The minimum absolute atomic E-state index is 0.0341. The summed E-state index contributed by atoms with van der Waals surface area (Å²) in [4.78, 5) is 0. The van der Waals surface area contributed by atoms with Gasteiger partial charge < -0.3 is 31.5 Å². The Morgan fingerprint density at radius 2 is 2.08 bits per heavy atom. The zero-order valence-electron chi connectivity index (χ0n) is 7.22. The monoisotopic (exact) mass is 192 g/mol. The molecule has 0 amide bonds. The van der Waals surface area contributed by atoms with Crippen LogP contribution in [0.4, 0.5) is 0 Å². The fraction of sp³-hybridized carbons (Fsp3) is 1.00. The van der Waals surface area contributed by atoms with E-state index in [2.05, 4.69) is 5.32 Å². The third-order valence-corrected chi connectivity index (χ3v) is 2.24. The van der Waals surface area contributed by atoms with Gasteiger partial charge in [0.1, 0.15) is 5.72 Å². The van der Waals surface area contributed by atoms with E-state index in [9.17, 15) is 15.3 Å². The molecule has 78 valence electrons. The average Bonchev–Trinajstić information content (AvgIpc) is 2.11. The van der Waals surface area contributed by atoms with Crippen LogP contribution in [0.25, 0.3) is 0 Å². The smallest absolute Gasteiger partial charge is 0.128 e. The number of rotatable bonds is 1. The van der Waals surface area contributed by atoms with E-state index in [-0.39, 0.29) is 19.6 Å². The van der Waals surface area contributed by atoms with Crippen molar-refractivity contribution in [3.63, 3.8) is 0 Å². The number of hydrogen-bond donors (Lipinski definition) is 6. The molecule has 1 fully saturated rings. The SMILES string of the molecule is N[C@]1(O)CN[C@H](CO)[C@@H](O)[C@H](O)C1. The van der Waals surface area contributed by atoms with Crippen molar-refractivity contribution in [3.05, 3.63) is 0 Å². The molecule has 1 heterocycles. The van der Waals surface area contributed by atoms with E-state index in [4.69, 9.17) is 10.8 Å². The molecule has 6 nitrogen and oxygen atoms in total. The highest BCUT2D eigenvalue weighted by Gasteiger charge is 2.37. The summed E-state index contributed by atoms with van der Waals surface area (Å²) >= 11 is 0. The van der Waals surface area contributed by atoms with Crippen LogP contribution in [0.1, 0.15) is 6.42 Å². The Balaban J connectivity index is 2.68. The normalized spacial score (nSPS) is 47.3. The lowest BCUT2D eigenvalue weighted by atomic mass is 10.0. The summed E-state index contributed by atoms with van der Waals surface area (Å²) in [6, 6.07) is -0.646. The summed E-state index contributed by atoms with van der Waals surface area (Å²) in [6.07, 6.45) is -2.35. The van der Waals surface area contributed by atoms with E-state index in [0.29, 0.717) is 0 Å². The van der Waals surface area contributed by atoms with Gasteiger partial charge in [0.25, 0.3) is 0 Å². The number of nitrogens with two attached hydrogens (primary N) is 1. The quantitative estimate of drug-likeness (QED) is 0.242. The van der Waals surface area contributed by atoms with Gasteiger partial charge in [0.2, 0.25) is 0 Å². The maximum Gasteiger partial charge on any atom is 0.128 e. The Bertz CT molecular complexity index is 176. The van der Waals surface area contributed by atoms with Gasteiger partial charge in [0, 0.05) is 13.0 Å². The number of hydrogen-bond acceptors (Lipinski definition) is 6. The van der Waals surface area contributed by atoms with Gasteiger partial charge in [-0.25, -0.2) is 0 Å². The molecular weight excluding hydrogens is 176 g/mol. The highest BCUT2D eigenvalue weighted by atomic mass is 16.3. The molecule has 0 aliphatic carbocycles. The molecule has 0 saturated carbocycles. The molecule has 6 heteroatoms. The van der Waals surface area contributed by atoms with Gasteiger partial charge in [-0.3, -0.25) is 0 Å². The van der Waals surface area contributed by atoms with Gasteiger partial charge in [0.15, 0.2) is 0 Å². The minimum atomic E-state index is -1.54. The molecule has 0 radical (unpaired) electrons. The summed E-state index contributed by atoms with van der Waals surface area (Å²) in [6.45, 7) is -0.277. The Labute approximate surface area is 76.0 Å². The van der Waals surface area contributed by atoms with Crippen LogP contribution in [0.5, 0.6) is 0 Å². The predicted octanol–water partition coefficient (Wildman–Crippen LogP) is -3.29. The van der Waals surface area contributed by atoms with Crippen LogP contribution in [0.2, 0.25) is 0 Å². The van der Waals surface area contributed by atoms with E-state index in [1.807, 2.05) is 0 Å². The molecule has 0 aromatic heterocycles. The van der Waals surface area contributed by atoms with Crippen molar-refractivity contribution in [2.75, 3.05) is 13.2 Å². The van der Waals surface area contributed by atoms with Crippen molar-refractivity contribution in [1.82, 2.24) is 5.32 Å². The summed E-state index contributed by atoms with van der Waals surface area (Å²) in [7, 11) is 0. The molecule has 13 heavy (non-hydrogen) atoms. The van der Waals surface area contributed by atoms with Crippen LogP contribution in [-0.4, -0.2) is 57.6 Å². The van der Waals surface area contributed by atoms with Gasteiger partial charge >= 0.3 is 0 Å². The van der Waals surface area contributed by atoms with E-state index >= 15 is 0 Å². The van der Waals surface area contributed by atoms with Crippen molar-refractivity contribution in [1.29, 1.82) is 0 Å². The molecule has 4 atom stereocenters.